The van der Waals surface area contributed by atoms with E-state index in [1.807, 2.05) is 18.2 Å². The molecule has 2 aliphatic heterocycles. The van der Waals surface area contributed by atoms with Crippen LogP contribution in [0.1, 0.15) is 25.7 Å². The molecule has 1 saturated carbocycles. The fraction of sp³-hybridized carbons (Fsp3) is 0.650. The topological polar surface area (TPSA) is 109 Å². The van der Waals surface area contributed by atoms with Gasteiger partial charge in [-0.1, -0.05) is 6.07 Å². The molecule has 14 heteroatoms. The van der Waals surface area contributed by atoms with Crippen LogP contribution in [0.3, 0.4) is 0 Å². The summed E-state index contributed by atoms with van der Waals surface area (Å²) >= 11 is 0. The molecular weight excluding hydrogens is 478 g/mol. The molecular formula is C20H24F6N2O6. The molecule has 3 heterocycles. The molecule has 1 aromatic heterocycles. The molecule has 0 bridgehead atoms. The molecule has 8 nitrogen and oxygen atoms in total. The maximum atomic E-state index is 10.6. The van der Waals surface area contributed by atoms with E-state index in [0.717, 1.165) is 44.3 Å². The summed E-state index contributed by atoms with van der Waals surface area (Å²) in [5, 5.41) is 14.2. The lowest BCUT2D eigenvalue weighted by atomic mass is 9.84. The zero-order chi connectivity index (χ0) is 25.6. The maximum absolute atomic E-state index is 10.6. The van der Waals surface area contributed by atoms with E-state index in [0.29, 0.717) is 0 Å². The first kappa shape index (κ1) is 27.6. The highest BCUT2D eigenvalue weighted by atomic mass is 19.4. The number of hydrogen-bond acceptors (Lipinski definition) is 6. The normalized spacial score (nSPS) is 21.8. The first-order valence-corrected chi connectivity index (χ1v) is 10.2. The van der Waals surface area contributed by atoms with E-state index in [2.05, 4.69) is 9.88 Å². The number of alkyl halides is 6. The summed E-state index contributed by atoms with van der Waals surface area (Å²) < 4.78 is 75.5. The van der Waals surface area contributed by atoms with Gasteiger partial charge in [0.1, 0.15) is 6.10 Å². The van der Waals surface area contributed by atoms with Crippen molar-refractivity contribution in [3.8, 4) is 5.88 Å². The van der Waals surface area contributed by atoms with Crippen molar-refractivity contribution >= 4 is 11.9 Å². The fourth-order valence-corrected chi connectivity index (χ4v) is 3.45. The van der Waals surface area contributed by atoms with Crippen LogP contribution in [0, 0.1) is 5.92 Å². The molecule has 1 unspecified atom stereocenters. The van der Waals surface area contributed by atoms with Crippen molar-refractivity contribution in [3.63, 3.8) is 0 Å². The van der Waals surface area contributed by atoms with Crippen LogP contribution in [0.5, 0.6) is 5.88 Å². The Kier molecular flexibility index (Phi) is 9.11. The van der Waals surface area contributed by atoms with E-state index in [-0.39, 0.29) is 11.7 Å². The number of likely N-dealkylation sites (tertiary alicyclic amines) is 1. The molecule has 192 valence electrons. The van der Waals surface area contributed by atoms with E-state index in [1.54, 1.807) is 6.20 Å². The van der Waals surface area contributed by atoms with Crippen LogP contribution in [0.2, 0.25) is 0 Å². The number of halogens is 6. The Morgan fingerprint density at radius 1 is 1.06 bits per heavy atom. The van der Waals surface area contributed by atoms with Crippen molar-refractivity contribution in [2.45, 2.75) is 49.7 Å². The van der Waals surface area contributed by atoms with Crippen molar-refractivity contribution in [1.82, 2.24) is 9.88 Å². The van der Waals surface area contributed by atoms with Gasteiger partial charge in [0.15, 0.2) is 0 Å². The SMILES string of the molecule is O=C(O)C(F)(F)F.O=C(O)C(F)(F)F.c1ccc(OC2CCOC3(C2)CN(CC2CC2)C3)nc1. The van der Waals surface area contributed by atoms with Gasteiger partial charge in [0.2, 0.25) is 5.88 Å². The van der Waals surface area contributed by atoms with Gasteiger partial charge in [-0.3, -0.25) is 4.90 Å². The first-order chi connectivity index (χ1) is 15.7. The second-order valence-electron chi connectivity index (χ2n) is 8.15. The van der Waals surface area contributed by atoms with Gasteiger partial charge in [-0.2, -0.15) is 26.3 Å². The summed E-state index contributed by atoms with van der Waals surface area (Å²) in [6.45, 7) is 4.27. The van der Waals surface area contributed by atoms with Crippen LogP contribution >= 0.6 is 0 Å². The largest absolute Gasteiger partial charge is 0.490 e. The number of hydrogen-bond donors (Lipinski definition) is 2. The van der Waals surface area contributed by atoms with Gasteiger partial charge >= 0.3 is 24.3 Å². The average Bonchev–Trinajstić information content (AvgIpc) is 3.51. The Morgan fingerprint density at radius 3 is 2.06 bits per heavy atom. The molecule has 1 aliphatic carbocycles. The second kappa shape index (κ2) is 11.2. The Hall–Kier alpha value is -2.61. The minimum atomic E-state index is -5.08. The number of aliphatic carboxylic acids is 2. The Bertz CT molecular complexity index is 786. The number of rotatable bonds is 4. The second-order valence-corrected chi connectivity index (χ2v) is 8.15. The number of carboxylic acid groups (broad SMARTS) is 2. The van der Waals surface area contributed by atoms with E-state index < -0.39 is 24.3 Å². The van der Waals surface area contributed by atoms with Gasteiger partial charge in [0.05, 0.1) is 12.2 Å². The van der Waals surface area contributed by atoms with Gasteiger partial charge in [-0.25, -0.2) is 14.6 Å². The summed E-state index contributed by atoms with van der Waals surface area (Å²) in [5.41, 5.74) is 0.0621. The molecule has 34 heavy (non-hydrogen) atoms. The van der Waals surface area contributed by atoms with E-state index >= 15 is 0 Å². The lowest BCUT2D eigenvalue weighted by Crippen LogP contribution is -2.66. The molecule has 4 rings (SSSR count). The van der Waals surface area contributed by atoms with Gasteiger partial charge in [0.25, 0.3) is 0 Å². The summed E-state index contributed by atoms with van der Waals surface area (Å²) in [4.78, 5) is 24.6. The van der Waals surface area contributed by atoms with Crippen molar-refractivity contribution < 1.29 is 55.6 Å². The van der Waals surface area contributed by atoms with Crippen LogP contribution in [0.25, 0.3) is 0 Å². The highest BCUT2D eigenvalue weighted by molar-refractivity contribution is 5.73. The lowest BCUT2D eigenvalue weighted by Gasteiger charge is -2.53. The van der Waals surface area contributed by atoms with E-state index in [9.17, 15) is 26.3 Å². The molecule has 1 aromatic rings. The fourth-order valence-electron chi connectivity index (χ4n) is 3.45. The summed E-state index contributed by atoms with van der Waals surface area (Å²) in [7, 11) is 0. The highest BCUT2D eigenvalue weighted by Crippen LogP contribution is 2.38. The zero-order valence-corrected chi connectivity index (χ0v) is 17.8. The summed E-state index contributed by atoms with van der Waals surface area (Å²) in [6.07, 6.45) is -3.30. The monoisotopic (exact) mass is 502 g/mol. The lowest BCUT2D eigenvalue weighted by molar-refractivity contribution is -0.193. The van der Waals surface area contributed by atoms with Crippen LogP contribution < -0.4 is 4.74 Å². The molecule has 2 N–H and O–H groups in total. The van der Waals surface area contributed by atoms with Gasteiger partial charge < -0.3 is 19.7 Å². The number of carboxylic acids is 2. The van der Waals surface area contributed by atoms with Crippen molar-refractivity contribution in [3.05, 3.63) is 24.4 Å². The predicted octanol–water partition coefficient (Wildman–Crippen LogP) is 3.37. The molecule has 0 amide bonds. The summed E-state index contributed by atoms with van der Waals surface area (Å²) in [5.74, 6) is -3.81. The van der Waals surface area contributed by atoms with Gasteiger partial charge in [-0.15, -0.1) is 0 Å². The van der Waals surface area contributed by atoms with Crippen LogP contribution in [0.4, 0.5) is 26.3 Å². The smallest absolute Gasteiger partial charge is 0.475 e. The third kappa shape index (κ3) is 9.33. The third-order valence-electron chi connectivity index (χ3n) is 5.09. The minimum absolute atomic E-state index is 0.0621. The minimum Gasteiger partial charge on any atom is -0.475 e. The van der Waals surface area contributed by atoms with E-state index in [1.165, 1.54) is 19.4 Å². The predicted molar refractivity (Wildman–Crippen MR) is 103 cm³/mol. The highest BCUT2D eigenvalue weighted by Gasteiger charge is 2.49. The molecule has 2 saturated heterocycles. The molecule has 0 aromatic carbocycles. The Balaban J connectivity index is 0.000000244. The molecule has 1 spiro atoms. The quantitative estimate of drug-likeness (QED) is 0.604. The zero-order valence-electron chi connectivity index (χ0n) is 17.8. The average molecular weight is 502 g/mol. The molecule has 1 atom stereocenters. The molecule has 3 fully saturated rings. The van der Waals surface area contributed by atoms with Crippen molar-refractivity contribution in [2.24, 2.45) is 5.92 Å². The maximum Gasteiger partial charge on any atom is 0.490 e. The standard InChI is InChI=1S/C16H22N2O2.2C2HF3O2/c1-2-7-17-15(3-1)20-14-6-8-19-16(9-14)11-18(12-16)10-13-4-5-13;2*3-2(4,5)1(6)7/h1-3,7,13-14H,4-6,8-12H2;2*(H,6,7). The number of carbonyl (C=O) groups is 2. The van der Waals surface area contributed by atoms with Crippen LogP contribution in [-0.2, 0) is 14.3 Å². The molecule has 0 radical (unpaired) electrons. The number of pyridine rings is 1. The van der Waals surface area contributed by atoms with Gasteiger partial charge in [0, 0.05) is 44.7 Å². The number of nitrogens with zero attached hydrogens (tertiary/aromatic N) is 2. The van der Waals surface area contributed by atoms with Crippen molar-refractivity contribution in [1.29, 1.82) is 0 Å². The van der Waals surface area contributed by atoms with Crippen molar-refractivity contribution in [2.75, 3.05) is 26.2 Å². The first-order valence-electron chi connectivity index (χ1n) is 10.2. The Labute approximate surface area is 190 Å². The number of ether oxygens (including phenoxy) is 2. The van der Waals surface area contributed by atoms with Gasteiger partial charge in [-0.05, 0) is 24.8 Å². The third-order valence-corrected chi connectivity index (χ3v) is 5.09. The van der Waals surface area contributed by atoms with Crippen LogP contribution in [0.15, 0.2) is 24.4 Å². The summed E-state index contributed by atoms with van der Waals surface area (Å²) in [6, 6.07) is 5.82. The van der Waals surface area contributed by atoms with Crippen LogP contribution in [-0.4, -0.2) is 82.3 Å². The number of aromatic nitrogens is 1. The molecule has 3 aliphatic rings. The van der Waals surface area contributed by atoms with E-state index in [4.69, 9.17) is 29.3 Å². The Morgan fingerprint density at radius 2 is 1.62 bits per heavy atom.